The molecule has 1 heterocycles. The molecule has 0 amide bonds. The van der Waals surface area contributed by atoms with Gasteiger partial charge in [0.2, 0.25) is 10.0 Å². The van der Waals surface area contributed by atoms with Gasteiger partial charge in [-0.2, -0.15) is 0 Å². The van der Waals surface area contributed by atoms with Crippen LogP contribution in [-0.4, -0.2) is 29.9 Å². The van der Waals surface area contributed by atoms with Crippen molar-refractivity contribution in [1.82, 2.24) is 9.97 Å². The van der Waals surface area contributed by atoms with Gasteiger partial charge in [-0.3, -0.25) is 14.5 Å². The summed E-state index contributed by atoms with van der Waals surface area (Å²) in [5, 5.41) is -0.524. The molecule has 0 aliphatic rings. The molecule has 1 aromatic heterocycles. The zero-order valence-electron chi connectivity index (χ0n) is 15.5. The molecule has 0 atom stereocenters. The first-order chi connectivity index (χ1) is 13.6. The smallest absolute Gasteiger partial charge is 0.232 e. The van der Waals surface area contributed by atoms with Crippen molar-refractivity contribution in [1.29, 1.82) is 0 Å². The Bertz CT molecular complexity index is 1230. The van der Waals surface area contributed by atoms with Crippen LogP contribution in [0.25, 0.3) is 11.0 Å². The Morgan fingerprint density at radius 1 is 1.21 bits per heavy atom. The largest absolute Gasteiger partial charge is 0.288 e. The number of hydrogen-bond donors (Lipinski definition) is 1. The molecule has 0 saturated heterocycles. The molecule has 0 fully saturated rings. The van der Waals surface area contributed by atoms with Gasteiger partial charge in [0.1, 0.15) is 0 Å². The molecule has 10 heteroatoms. The second kappa shape index (κ2) is 8.00. The topological polar surface area (TPSA) is 89.0 Å². The van der Waals surface area contributed by atoms with Crippen molar-refractivity contribution in [3.8, 4) is 0 Å². The maximum atomic E-state index is 14.5. The first-order valence-corrected chi connectivity index (χ1v) is 10.6. The van der Waals surface area contributed by atoms with E-state index in [1.54, 1.807) is 20.0 Å². The lowest BCUT2D eigenvalue weighted by atomic mass is 10.0. The Labute approximate surface area is 171 Å². The summed E-state index contributed by atoms with van der Waals surface area (Å²) in [6.45, 7) is 3.37. The van der Waals surface area contributed by atoms with Crippen molar-refractivity contribution in [3.63, 3.8) is 0 Å². The molecule has 6 nitrogen and oxygen atoms in total. The van der Waals surface area contributed by atoms with E-state index in [0.717, 1.165) is 0 Å². The van der Waals surface area contributed by atoms with Gasteiger partial charge in [0.15, 0.2) is 17.4 Å². The highest BCUT2D eigenvalue weighted by Crippen LogP contribution is 2.33. The number of aryl methyl sites for hydroxylation is 1. The molecular weight excluding hydrogens is 424 g/mol. The monoisotopic (exact) mass is 439 g/mol. The van der Waals surface area contributed by atoms with Crippen molar-refractivity contribution in [2.45, 2.75) is 20.3 Å². The molecule has 2 aromatic carbocycles. The average Bonchev–Trinajstić information content (AvgIpc) is 2.65. The van der Waals surface area contributed by atoms with Gasteiger partial charge < -0.3 is 0 Å². The van der Waals surface area contributed by atoms with E-state index in [1.807, 2.05) is 0 Å². The highest BCUT2D eigenvalue weighted by Gasteiger charge is 2.26. The van der Waals surface area contributed by atoms with E-state index < -0.39 is 43.7 Å². The van der Waals surface area contributed by atoms with Crippen LogP contribution in [0.2, 0.25) is 5.02 Å². The molecule has 3 rings (SSSR count). The summed E-state index contributed by atoms with van der Waals surface area (Å²) >= 11 is 6.10. The van der Waals surface area contributed by atoms with E-state index in [2.05, 4.69) is 14.7 Å². The Morgan fingerprint density at radius 2 is 1.93 bits per heavy atom. The average molecular weight is 440 g/mol. The second-order valence-corrected chi connectivity index (χ2v) is 8.59. The van der Waals surface area contributed by atoms with Crippen molar-refractivity contribution in [2.24, 2.45) is 0 Å². The summed E-state index contributed by atoms with van der Waals surface area (Å²) in [4.78, 5) is 21.3. The van der Waals surface area contributed by atoms with E-state index in [4.69, 9.17) is 11.6 Å². The van der Waals surface area contributed by atoms with Crippen LogP contribution in [0, 0.1) is 18.6 Å². The summed E-state index contributed by atoms with van der Waals surface area (Å²) in [6, 6.07) is 4.90. The summed E-state index contributed by atoms with van der Waals surface area (Å²) in [5.74, 6) is -4.01. The van der Waals surface area contributed by atoms with E-state index in [-0.39, 0.29) is 11.3 Å². The van der Waals surface area contributed by atoms with Gasteiger partial charge in [-0.15, -0.1) is 0 Å². The fourth-order valence-corrected chi connectivity index (χ4v) is 4.22. The molecule has 0 radical (unpaired) electrons. The predicted molar refractivity (Wildman–Crippen MR) is 107 cm³/mol. The van der Waals surface area contributed by atoms with Crippen molar-refractivity contribution >= 4 is 44.1 Å². The minimum Gasteiger partial charge on any atom is -0.288 e. The summed E-state index contributed by atoms with van der Waals surface area (Å²) < 4.78 is 54.7. The number of ketones is 1. The van der Waals surface area contributed by atoms with Crippen LogP contribution in [0.5, 0.6) is 0 Å². The zero-order valence-corrected chi connectivity index (χ0v) is 17.0. The summed E-state index contributed by atoms with van der Waals surface area (Å²) in [5.41, 5.74) is 0.370. The van der Waals surface area contributed by atoms with Crippen LogP contribution in [-0.2, 0) is 10.0 Å². The number of nitrogens with zero attached hydrogens (tertiary/aromatic N) is 2. The molecule has 29 heavy (non-hydrogen) atoms. The molecule has 3 aromatic rings. The number of benzene rings is 2. The van der Waals surface area contributed by atoms with E-state index in [9.17, 15) is 22.0 Å². The predicted octanol–water partition coefficient (Wildman–Crippen LogP) is 4.25. The third kappa shape index (κ3) is 4.35. The third-order valence-corrected chi connectivity index (χ3v) is 5.92. The normalized spacial score (nSPS) is 11.6. The van der Waals surface area contributed by atoms with Crippen LogP contribution in [0.4, 0.5) is 14.5 Å². The second-order valence-electron chi connectivity index (χ2n) is 6.37. The molecule has 1 N–H and O–H groups in total. The Kier molecular flexibility index (Phi) is 5.81. The minimum atomic E-state index is -3.83. The summed E-state index contributed by atoms with van der Waals surface area (Å²) in [7, 11) is -3.83. The third-order valence-electron chi connectivity index (χ3n) is 4.05. The zero-order chi connectivity index (χ0) is 21.3. The number of sulfonamides is 1. The van der Waals surface area contributed by atoms with Gasteiger partial charge in [0, 0.05) is 17.8 Å². The van der Waals surface area contributed by atoms with Crippen molar-refractivity contribution < 1.29 is 22.0 Å². The maximum absolute atomic E-state index is 14.5. The lowest BCUT2D eigenvalue weighted by Gasteiger charge is -2.13. The van der Waals surface area contributed by atoms with Crippen molar-refractivity contribution in [2.75, 3.05) is 10.5 Å². The Balaban J connectivity index is 2.11. The number of fused-ring (bicyclic) bond motifs is 1. The van der Waals surface area contributed by atoms with Crippen LogP contribution < -0.4 is 4.72 Å². The lowest BCUT2D eigenvalue weighted by molar-refractivity contribution is 0.103. The number of anilines is 1. The molecule has 0 aliphatic heterocycles. The fourth-order valence-electron chi connectivity index (χ4n) is 2.75. The SMILES string of the molecule is CCCS(=O)(=O)Nc1cc(F)c(F)c(C(=O)c2ccc3ncc(C)nc3c2)c1Cl. The van der Waals surface area contributed by atoms with Gasteiger partial charge in [0.05, 0.1) is 38.8 Å². The van der Waals surface area contributed by atoms with Crippen LogP contribution in [0.3, 0.4) is 0 Å². The number of nitrogens with one attached hydrogen (secondary N) is 1. The molecule has 0 bridgehead atoms. The summed E-state index contributed by atoms with van der Waals surface area (Å²) in [6.07, 6.45) is 1.86. The Hall–Kier alpha value is -2.65. The molecular formula is C19H16ClF2N3O3S. The van der Waals surface area contributed by atoms with E-state index in [1.165, 1.54) is 18.2 Å². The molecule has 0 unspecified atom stereocenters. The van der Waals surface area contributed by atoms with Gasteiger partial charge in [-0.25, -0.2) is 22.2 Å². The minimum absolute atomic E-state index is 0.00571. The number of hydrogen-bond acceptors (Lipinski definition) is 5. The number of halogens is 3. The highest BCUT2D eigenvalue weighted by molar-refractivity contribution is 7.92. The molecule has 152 valence electrons. The molecule has 0 spiro atoms. The number of rotatable bonds is 6. The number of carbonyl (C=O) groups excluding carboxylic acids is 1. The van der Waals surface area contributed by atoms with Gasteiger partial charge >= 0.3 is 0 Å². The van der Waals surface area contributed by atoms with Gasteiger partial charge in [-0.1, -0.05) is 18.5 Å². The lowest BCUT2D eigenvalue weighted by Crippen LogP contribution is -2.18. The first-order valence-electron chi connectivity index (χ1n) is 8.59. The Morgan fingerprint density at radius 3 is 2.62 bits per heavy atom. The van der Waals surface area contributed by atoms with Crippen LogP contribution in [0.15, 0.2) is 30.5 Å². The maximum Gasteiger partial charge on any atom is 0.232 e. The van der Waals surface area contributed by atoms with E-state index in [0.29, 0.717) is 29.2 Å². The fraction of sp³-hybridized carbons (Fsp3) is 0.211. The number of aromatic nitrogens is 2. The number of carbonyl (C=O) groups is 1. The molecule has 0 saturated carbocycles. The van der Waals surface area contributed by atoms with Gasteiger partial charge in [-0.05, 0) is 31.5 Å². The first kappa shape index (κ1) is 21.1. The quantitative estimate of drug-likeness (QED) is 0.458. The van der Waals surface area contributed by atoms with E-state index >= 15 is 0 Å². The van der Waals surface area contributed by atoms with Gasteiger partial charge in [0.25, 0.3) is 0 Å². The van der Waals surface area contributed by atoms with Crippen LogP contribution in [0.1, 0.15) is 35.0 Å². The molecule has 0 aliphatic carbocycles. The van der Waals surface area contributed by atoms with Crippen LogP contribution >= 0.6 is 11.6 Å². The standard InChI is InChI=1S/C19H16ClF2N3O3S/c1-3-6-29(27,28)25-15-8-12(21)18(22)16(17(15)20)19(26)11-4-5-13-14(7-11)24-10(2)9-23-13/h4-5,7-9,25H,3,6H2,1-2H3. The van der Waals surface area contributed by atoms with Crippen molar-refractivity contribution in [3.05, 3.63) is 63.9 Å². The highest BCUT2D eigenvalue weighted by atomic mass is 35.5.